The molecule has 1 atom stereocenters. The van der Waals surface area contributed by atoms with Gasteiger partial charge in [0.2, 0.25) is 0 Å². The summed E-state index contributed by atoms with van der Waals surface area (Å²) in [6.45, 7) is 7.73. The minimum absolute atomic E-state index is 0.0911. The summed E-state index contributed by atoms with van der Waals surface area (Å²) >= 11 is 6.90. The molecule has 1 unspecified atom stereocenters. The molecule has 0 saturated carbocycles. The van der Waals surface area contributed by atoms with Gasteiger partial charge in [-0.1, -0.05) is 84.6 Å². The normalized spacial score (nSPS) is 17.9. The summed E-state index contributed by atoms with van der Waals surface area (Å²) < 4.78 is 2.05. The van der Waals surface area contributed by atoms with Gasteiger partial charge >= 0.3 is 0 Å². The topological polar surface area (TPSA) is 72.6 Å². The number of anilines is 1. The number of hydrogen-bond donors (Lipinski definition) is 0. The van der Waals surface area contributed by atoms with Gasteiger partial charge in [0.15, 0.2) is 0 Å². The third-order valence-electron chi connectivity index (χ3n) is 7.66. The van der Waals surface area contributed by atoms with Crippen molar-refractivity contribution < 1.29 is 4.79 Å². The van der Waals surface area contributed by atoms with Gasteiger partial charge in [-0.3, -0.25) is 24.0 Å². The van der Waals surface area contributed by atoms with Gasteiger partial charge in [0.1, 0.15) is 21.8 Å². The predicted octanol–water partition coefficient (Wildman–Crippen LogP) is 4.85. The highest BCUT2D eigenvalue weighted by atomic mass is 32.2. The molecule has 2 aliphatic heterocycles. The van der Waals surface area contributed by atoms with Crippen LogP contribution in [0.3, 0.4) is 0 Å². The number of nitriles is 1. The molecule has 40 heavy (non-hydrogen) atoms. The van der Waals surface area contributed by atoms with Crippen molar-refractivity contribution in [3.05, 3.63) is 104 Å². The zero-order chi connectivity index (χ0) is 28.4. The van der Waals surface area contributed by atoms with Gasteiger partial charge in [0, 0.05) is 45.3 Å². The van der Waals surface area contributed by atoms with Crippen molar-refractivity contribution >= 4 is 46.1 Å². The van der Waals surface area contributed by atoms with Gasteiger partial charge in [0.25, 0.3) is 11.5 Å². The van der Waals surface area contributed by atoms with Crippen molar-refractivity contribution in [3.8, 4) is 6.07 Å². The predicted molar refractivity (Wildman–Crippen MR) is 165 cm³/mol. The van der Waals surface area contributed by atoms with Crippen LogP contribution in [0.2, 0.25) is 0 Å². The Kier molecular flexibility index (Phi) is 8.22. The number of rotatable bonds is 6. The Hall–Kier alpha value is -3.71. The molecule has 2 fully saturated rings. The van der Waals surface area contributed by atoms with E-state index in [1.54, 1.807) is 23.4 Å². The quantitative estimate of drug-likeness (QED) is 0.310. The third-order valence-corrected chi connectivity index (χ3v) is 8.99. The number of amides is 1. The van der Waals surface area contributed by atoms with Crippen molar-refractivity contribution in [1.29, 1.82) is 5.26 Å². The van der Waals surface area contributed by atoms with Gasteiger partial charge < -0.3 is 4.90 Å². The standard InChI is InChI=1S/C31H31N5O2S2/c1-21-25(18-27-30(38)36(31(39)40-27)22(2)24-12-8-5-9-13-24)28(33(3)29(37)26(21)19-32)35-16-14-34(15-17-35)20-23-10-6-4-7-11-23/h4-13,18,22H,14-17,20H2,1-3H3. The molecule has 2 saturated heterocycles. The molecule has 2 aliphatic rings. The first-order valence-electron chi connectivity index (χ1n) is 13.3. The second kappa shape index (κ2) is 11.8. The summed E-state index contributed by atoms with van der Waals surface area (Å²) in [5, 5.41) is 9.81. The number of thiocarbonyl (C=S) groups is 1. The molecule has 5 rings (SSSR count). The maximum atomic E-state index is 13.7. The lowest BCUT2D eigenvalue weighted by Gasteiger charge is -2.37. The fraction of sp³-hybridized carbons (Fsp3) is 0.290. The SMILES string of the molecule is Cc1c(C=C2SC(=S)N(C(C)c3ccccc3)C2=O)c(N2CCN(Cc3ccccc3)CC2)n(C)c(=O)c1C#N. The van der Waals surface area contributed by atoms with Gasteiger partial charge in [-0.2, -0.15) is 5.26 Å². The molecule has 1 aromatic heterocycles. The van der Waals surface area contributed by atoms with Crippen LogP contribution in [-0.2, 0) is 18.4 Å². The Morgan fingerprint density at radius 1 is 1.02 bits per heavy atom. The largest absolute Gasteiger partial charge is 0.355 e. The lowest BCUT2D eigenvalue weighted by Crippen LogP contribution is -2.48. The summed E-state index contributed by atoms with van der Waals surface area (Å²) in [6, 6.07) is 22.1. The Morgan fingerprint density at radius 3 is 2.27 bits per heavy atom. The third kappa shape index (κ3) is 5.35. The molecule has 1 amide bonds. The molecule has 0 radical (unpaired) electrons. The molecule has 7 nitrogen and oxygen atoms in total. The van der Waals surface area contributed by atoms with Crippen molar-refractivity contribution in [3.63, 3.8) is 0 Å². The zero-order valence-corrected chi connectivity index (χ0v) is 24.5. The molecule has 0 bridgehead atoms. The van der Waals surface area contributed by atoms with E-state index < -0.39 is 0 Å². The summed E-state index contributed by atoms with van der Waals surface area (Å²) in [7, 11) is 1.70. The fourth-order valence-corrected chi connectivity index (χ4v) is 6.78. The molecule has 204 valence electrons. The van der Waals surface area contributed by atoms with Crippen LogP contribution in [0.1, 0.15) is 40.8 Å². The lowest BCUT2D eigenvalue weighted by molar-refractivity contribution is -0.123. The molecule has 2 aromatic carbocycles. The monoisotopic (exact) mass is 569 g/mol. The Morgan fingerprint density at radius 2 is 1.65 bits per heavy atom. The maximum Gasteiger partial charge on any atom is 0.270 e. The number of pyridine rings is 1. The molecule has 9 heteroatoms. The Labute approximate surface area is 244 Å². The van der Waals surface area contributed by atoms with E-state index in [9.17, 15) is 14.9 Å². The number of carbonyl (C=O) groups is 1. The molecule has 3 heterocycles. The smallest absolute Gasteiger partial charge is 0.270 e. The second-order valence-corrected chi connectivity index (χ2v) is 11.8. The van der Waals surface area contributed by atoms with Gasteiger partial charge in [-0.05, 0) is 36.6 Å². The van der Waals surface area contributed by atoms with Crippen LogP contribution in [0.25, 0.3) is 6.08 Å². The number of aromatic nitrogens is 1. The average molecular weight is 570 g/mol. The molecular formula is C31H31N5O2S2. The average Bonchev–Trinajstić information content (AvgIpc) is 3.25. The minimum atomic E-state index is -0.330. The maximum absolute atomic E-state index is 13.7. The molecule has 0 N–H and O–H groups in total. The highest BCUT2D eigenvalue weighted by Gasteiger charge is 2.36. The van der Waals surface area contributed by atoms with E-state index in [1.807, 2.05) is 49.4 Å². The van der Waals surface area contributed by atoms with Crippen molar-refractivity contribution in [2.24, 2.45) is 7.05 Å². The van der Waals surface area contributed by atoms with Crippen LogP contribution in [0, 0.1) is 18.3 Å². The molecular weight excluding hydrogens is 539 g/mol. The summed E-state index contributed by atoms with van der Waals surface area (Å²) in [5.74, 6) is 0.555. The number of carbonyl (C=O) groups excluding carboxylic acids is 1. The van der Waals surface area contributed by atoms with Crippen LogP contribution in [0.5, 0.6) is 0 Å². The van der Waals surface area contributed by atoms with Crippen LogP contribution in [0.15, 0.2) is 70.4 Å². The molecule has 3 aromatic rings. The van der Waals surface area contributed by atoms with Crippen LogP contribution in [0.4, 0.5) is 5.82 Å². The van der Waals surface area contributed by atoms with E-state index in [4.69, 9.17) is 12.2 Å². The fourth-order valence-electron chi connectivity index (χ4n) is 5.38. The Bertz CT molecular complexity index is 1570. The van der Waals surface area contributed by atoms with Crippen LogP contribution in [-0.4, -0.2) is 50.8 Å². The van der Waals surface area contributed by atoms with Crippen LogP contribution >= 0.6 is 24.0 Å². The van der Waals surface area contributed by atoms with Crippen molar-refractivity contribution in [1.82, 2.24) is 14.4 Å². The Balaban J connectivity index is 1.47. The zero-order valence-electron chi connectivity index (χ0n) is 22.8. The highest BCUT2D eigenvalue weighted by Crippen LogP contribution is 2.39. The molecule has 0 spiro atoms. The van der Waals surface area contributed by atoms with Crippen molar-refractivity contribution in [2.45, 2.75) is 26.4 Å². The van der Waals surface area contributed by atoms with Gasteiger partial charge in [-0.15, -0.1) is 0 Å². The van der Waals surface area contributed by atoms with E-state index in [1.165, 1.54) is 17.3 Å². The van der Waals surface area contributed by atoms with Crippen LogP contribution < -0.4 is 10.5 Å². The summed E-state index contributed by atoms with van der Waals surface area (Å²) in [4.78, 5) is 33.6. The summed E-state index contributed by atoms with van der Waals surface area (Å²) in [6.07, 6.45) is 1.82. The lowest BCUT2D eigenvalue weighted by atomic mass is 10.0. The number of nitrogens with zero attached hydrogens (tertiary/aromatic N) is 5. The number of benzene rings is 2. The second-order valence-electron chi connectivity index (χ2n) is 10.1. The number of piperazine rings is 1. The highest BCUT2D eigenvalue weighted by molar-refractivity contribution is 8.26. The van der Waals surface area contributed by atoms with E-state index in [0.29, 0.717) is 20.4 Å². The number of hydrogen-bond acceptors (Lipinski definition) is 7. The first kappa shape index (κ1) is 27.8. The van der Waals surface area contributed by atoms with Crippen molar-refractivity contribution in [2.75, 3.05) is 31.1 Å². The van der Waals surface area contributed by atoms with E-state index in [0.717, 1.165) is 44.1 Å². The van der Waals surface area contributed by atoms with E-state index in [2.05, 4.69) is 40.1 Å². The summed E-state index contributed by atoms with van der Waals surface area (Å²) in [5.41, 5.74) is 3.32. The first-order chi connectivity index (χ1) is 19.3. The van der Waals surface area contributed by atoms with Gasteiger partial charge in [-0.25, -0.2) is 0 Å². The number of thioether (sulfide) groups is 1. The minimum Gasteiger partial charge on any atom is -0.355 e. The van der Waals surface area contributed by atoms with Gasteiger partial charge in [0.05, 0.1) is 10.9 Å². The molecule has 0 aliphatic carbocycles. The van der Waals surface area contributed by atoms with E-state index in [-0.39, 0.29) is 23.1 Å². The first-order valence-corrected chi connectivity index (χ1v) is 14.5. The van der Waals surface area contributed by atoms with E-state index >= 15 is 0 Å².